The summed E-state index contributed by atoms with van der Waals surface area (Å²) in [7, 11) is 0. The number of ether oxygens (including phenoxy) is 1. The van der Waals surface area contributed by atoms with E-state index >= 15 is 0 Å². The Bertz CT molecular complexity index is 1630. The third kappa shape index (κ3) is 6.27. The zero-order valence-corrected chi connectivity index (χ0v) is 34.2. The van der Waals surface area contributed by atoms with Crippen molar-refractivity contribution in [2.24, 2.45) is 29.1 Å². The molecule has 2 heteroatoms. The Morgan fingerprint density at radius 3 is 2.55 bits per heavy atom. The van der Waals surface area contributed by atoms with Crippen LogP contribution in [0.5, 0.6) is 0 Å². The molecule has 2 bridgehead atoms. The van der Waals surface area contributed by atoms with Crippen LogP contribution in [0.1, 0.15) is 141 Å². The second-order valence-electron chi connectivity index (χ2n) is 17.7. The highest BCUT2D eigenvalue weighted by atomic mass is 16.5. The molecular weight excluding hydrogens is 619 g/mol. The third-order valence-corrected chi connectivity index (χ3v) is 15.2. The highest BCUT2D eigenvalue weighted by molar-refractivity contribution is 5.74. The smallest absolute Gasteiger partial charge is 0.0683 e. The van der Waals surface area contributed by atoms with Crippen LogP contribution in [0.3, 0.4) is 0 Å². The Labute approximate surface area is 313 Å². The Kier molecular flexibility index (Phi) is 11.4. The molecule has 2 aromatic rings. The van der Waals surface area contributed by atoms with Crippen molar-refractivity contribution in [3.8, 4) is 0 Å². The summed E-state index contributed by atoms with van der Waals surface area (Å²) in [5, 5.41) is 0. The number of aryl methyl sites for hydroxylation is 3. The van der Waals surface area contributed by atoms with Crippen LogP contribution in [0, 0.1) is 36.0 Å². The van der Waals surface area contributed by atoms with Gasteiger partial charge in [-0.1, -0.05) is 122 Å². The fourth-order valence-corrected chi connectivity index (χ4v) is 12.3. The van der Waals surface area contributed by atoms with E-state index in [9.17, 15) is 0 Å². The van der Waals surface area contributed by atoms with Crippen molar-refractivity contribution in [2.45, 2.75) is 150 Å². The Morgan fingerprint density at radius 2 is 1.90 bits per heavy atom. The van der Waals surface area contributed by atoms with Gasteiger partial charge in [0, 0.05) is 35.9 Å². The van der Waals surface area contributed by atoms with Gasteiger partial charge in [0.05, 0.1) is 6.10 Å². The molecule has 2 aliphatic carbocycles. The average molecular weight is 690 g/mol. The van der Waals surface area contributed by atoms with Gasteiger partial charge in [-0.2, -0.15) is 0 Å². The molecule has 0 aromatic heterocycles. The van der Waals surface area contributed by atoms with Gasteiger partial charge in [0.1, 0.15) is 0 Å². The van der Waals surface area contributed by atoms with Gasteiger partial charge in [-0.3, -0.25) is 4.90 Å². The Balaban J connectivity index is 1.65. The summed E-state index contributed by atoms with van der Waals surface area (Å²) in [5.74, 6) is 2.31. The molecule has 1 spiro atoms. The molecule has 4 aliphatic rings. The molecule has 9 atom stereocenters. The van der Waals surface area contributed by atoms with E-state index in [2.05, 4.69) is 129 Å². The molecule has 1 saturated heterocycles. The zero-order valence-electron chi connectivity index (χ0n) is 34.2. The fraction of sp³-hybridized carbons (Fsp3) is 0.633. The second-order valence-corrected chi connectivity index (χ2v) is 17.7. The minimum atomic E-state index is -0.273. The molecule has 2 heterocycles. The summed E-state index contributed by atoms with van der Waals surface area (Å²) in [6.07, 6.45) is 18.2. The molecule has 2 aromatic carbocycles. The molecule has 6 rings (SSSR count). The summed E-state index contributed by atoms with van der Waals surface area (Å²) < 4.78 is 6.76. The lowest BCUT2D eigenvalue weighted by Crippen LogP contribution is -2.62. The lowest BCUT2D eigenvalue weighted by atomic mass is 9.52. The normalized spacial score (nSPS) is 30.4. The average Bonchev–Trinajstić information content (AvgIpc) is 3.51. The van der Waals surface area contributed by atoms with E-state index in [4.69, 9.17) is 11.3 Å². The third-order valence-electron chi connectivity index (χ3n) is 15.2. The van der Waals surface area contributed by atoms with E-state index in [0.717, 1.165) is 38.8 Å². The quantitative estimate of drug-likeness (QED) is 0.183. The molecule has 1 saturated carbocycles. The van der Waals surface area contributed by atoms with Crippen molar-refractivity contribution in [2.75, 3.05) is 19.7 Å². The standard InChI is InChI=1S/C49H71NO/c1-12-33(7)31-47(11,15-4)32-48(16-5,35(9)39(14-3)40-22-19-18-21-34(40)8)43-30-44-38(29-37(43)13-2)24-25-41-36(10)49(44)26-28-50-27-20-23-42(46(49)50)45(41)51-17-6/h16,18-23,29-30,33,36,41-42,45-46H,5,12-15,17,24-28,31-32H2,1-4,6-11H3/b39-35+/t33?,36?,41?,42?,45?,46-,47-,48-,49?/m0/s1. The highest BCUT2D eigenvalue weighted by Crippen LogP contribution is 2.62. The van der Waals surface area contributed by atoms with Crippen LogP contribution in [-0.2, 0) is 28.4 Å². The summed E-state index contributed by atoms with van der Waals surface area (Å²) in [5.41, 5.74) is 12.2. The largest absolute Gasteiger partial charge is 0.378 e. The van der Waals surface area contributed by atoms with E-state index in [0.29, 0.717) is 35.8 Å². The van der Waals surface area contributed by atoms with E-state index in [-0.39, 0.29) is 16.2 Å². The van der Waals surface area contributed by atoms with E-state index in [1.54, 1.807) is 16.7 Å². The van der Waals surface area contributed by atoms with Gasteiger partial charge < -0.3 is 4.74 Å². The molecule has 51 heavy (non-hydrogen) atoms. The highest BCUT2D eigenvalue weighted by Gasteiger charge is 2.64. The van der Waals surface area contributed by atoms with Crippen LogP contribution in [0.25, 0.3) is 5.57 Å². The summed E-state index contributed by atoms with van der Waals surface area (Å²) in [4.78, 5) is 2.84. The minimum absolute atomic E-state index is 0.138. The number of allylic oxidation sites excluding steroid dienone is 3. The Morgan fingerprint density at radius 1 is 1.14 bits per heavy atom. The fourth-order valence-electron chi connectivity index (χ4n) is 12.3. The van der Waals surface area contributed by atoms with Crippen molar-refractivity contribution in [1.29, 1.82) is 0 Å². The van der Waals surface area contributed by atoms with Gasteiger partial charge in [-0.15, -0.1) is 6.58 Å². The number of rotatable bonds is 14. The molecule has 6 unspecified atom stereocenters. The molecule has 0 radical (unpaired) electrons. The maximum Gasteiger partial charge on any atom is 0.0683 e. The monoisotopic (exact) mass is 690 g/mol. The molecule has 0 N–H and O–H groups in total. The molecule has 0 amide bonds. The summed E-state index contributed by atoms with van der Waals surface area (Å²) in [6.45, 7) is 32.2. The molecule has 278 valence electrons. The lowest BCUT2D eigenvalue weighted by molar-refractivity contribution is -0.102. The van der Waals surface area contributed by atoms with Crippen LogP contribution >= 0.6 is 0 Å². The number of hydrogen-bond donors (Lipinski definition) is 0. The topological polar surface area (TPSA) is 12.5 Å². The zero-order chi connectivity index (χ0) is 36.7. The maximum absolute atomic E-state index is 6.76. The van der Waals surface area contributed by atoms with Crippen LogP contribution < -0.4 is 0 Å². The predicted molar refractivity (Wildman–Crippen MR) is 220 cm³/mol. The first kappa shape index (κ1) is 38.3. The van der Waals surface area contributed by atoms with Gasteiger partial charge in [-0.25, -0.2) is 0 Å². The second kappa shape index (κ2) is 15.1. The van der Waals surface area contributed by atoms with E-state index in [1.165, 1.54) is 66.5 Å². The first-order valence-corrected chi connectivity index (χ1v) is 21.1. The molecule has 2 fully saturated rings. The summed E-state index contributed by atoms with van der Waals surface area (Å²) >= 11 is 0. The number of fused-ring (bicyclic) bond motifs is 2. The molecule has 2 aliphatic heterocycles. The number of nitrogens with zero attached hydrogens (tertiary/aromatic N) is 1. The van der Waals surface area contributed by atoms with E-state index < -0.39 is 0 Å². The van der Waals surface area contributed by atoms with Gasteiger partial charge in [-0.05, 0) is 134 Å². The minimum Gasteiger partial charge on any atom is -0.378 e. The van der Waals surface area contributed by atoms with E-state index in [1.807, 2.05) is 0 Å². The molecular formula is C49H71NO. The number of benzene rings is 2. The van der Waals surface area contributed by atoms with Gasteiger partial charge >= 0.3 is 0 Å². The predicted octanol–water partition coefficient (Wildman–Crippen LogP) is 12.2. The van der Waals surface area contributed by atoms with Gasteiger partial charge in [0.25, 0.3) is 0 Å². The summed E-state index contributed by atoms with van der Waals surface area (Å²) in [6, 6.07) is 15.1. The van der Waals surface area contributed by atoms with Crippen LogP contribution in [0.15, 0.2) is 66.8 Å². The van der Waals surface area contributed by atoms with Crippen LogP contribution in [-0.4, -0.2) is 36.7 Å². The van der Waals surface area contributed by atoms with Crippen LogP contribution in [0.4, 0.5) is 0 Å². The van der Waals surface area contributed by atoms with Crippen molar-refractivity contribution in [3.63, 3.8) is 0 Å². The van der Waals surface area contributed by atoms with Crippen molar-refractivity contribution in [3.05, 3.63) is 100 Å². The van der Waals surface area contributed by atoms with Crippen molar-refractivity contribution in [1.82, 2.24) is 4.90 Å². The SMILES string of the molecule is C=C[C@](C[C@@](C)(CC)CC(C)CC)(/C(C)=C(\CC)c1ccccc1C)c1cc2c(cc1CC)CCC1C(OCC)C3C=CCN4CCC2(C1C)[C@H]34. The van der Waals surface area contributed by atoms with Crippen LogP contribution in [0.2, 0.25) is 0 Å². The lowest BCUT2D eigenvalue weighted by Gasteiger charge is -2.57. The van der Waals surface area contributed by atoms with Gasteiger partial charge in [0.15, 0.2) is 0 Å². The molecule has 2 nitrogen and oxygen atoms in total. The number of hydrogen-bond acceptors (Lipinski definition) is 2. The first-order chi connectivity index (χ1) is 24.5. The van der Waals surface area contributed by atoms with Crippen molar-refractivity contribution >= 4 is 5.57 Å². The Hall–Kier alpha value is -2.42. The van der Waals surface area contributed by atoms with Crippen molar-refractivity contribution < 1.29 is 4.74 Å². The maximum atomic E-state index is 6.76. The van der Waals surface area contributed by atoms with Gasteiger partial charge in [0.2, 0.25) is 0 Å². The first-order valence-electron chi connectivity index (χ1n) is 21.1.